The van der Waals surface area contributed by atoms with Crippen molar-refractivity contribution in [3.05, 3.63) is 29.8 Å². The summed E-state index contributed by atoms with van der Waals surface area (Å²) in [6, 6.07) is 7.16. The summed E-state index contributed by atoms with van der Waals surface area (Å²) >= 11 is 0. The maximum Gasteiger partial charge on any atom is 0.242 e. The molecule has 130 valence electrons. The standard InChI is InChI=1S/C17H23N3O4/c1-12(21)18-10-17(23)20-9-8-19(13(2)22)11-15(20)14-6-4-5-7-16(14)24-3/h4-7,15H,8-11H2,1-3H3,(H,18,21). The van der Waals surface area contributed by atoms with Gasteiger partial charge in [-0.25, -0.2) is 0 Å². The van der Waals surface area contributed by atoms with Crippen LogP contribution in [0.1, 0.15) is 25.5 Å². The predicted molar refractivity (Wildman–Crippen MR) is 88.4 cm³/mol. The summed E-state index contributed by atoms with van der Waals surface area (Å²) in [5.41, 5.74) is 0.849. The van der Waals surface area contributed by atoms with Crippen LogP contribution < -0.4 is 10.1 Å². The highest BCUT2D eigenvalue weighted by Gasteiger charge is 2.33. The lowest BCUT2D eigenvalue weighted by Gasteiger charge is -2.41. The topological polar surface area (TPSA) is 79.0 Å². The van der Waals surface area contributed by atoms with Gasteiger partial charge in [0.25, 0.3) is 0 Å². The Hall–Kier alpha value is -2.57. The SMILES string of the molecule is COc1ccccc1C1CN(C(C)=O)CCN1C(=O)CNC(C)=O. The zero-order valence-electron chi connectivity index (χ0n) is 14.2. The number of carbonyl (C=O) groups excluding carboxylic acids is 3. The molecule has 0 aliphatic carbocycles. The maximum absolute atomic E-state index is 12.5. The Balaban J connectivity index is 2.29. The van der Waals surface area contributed by atoms with Gasteiger partial charge in [-0.3, -0.25) is 14.4 Å². The Morgan fingerprint density at radius 2 is 1.92 bits per heavy atom. The minimum atomic E-state index is -0.306. The van der Waals surface area contributed by atoms with Gasteiger partial charge in [-0.15, -0.1) is 0 Å². The summed E-state index contributed by atoms with van der Waals surface area (Å²) in [5, 5.41) is 2.54. The molecule has 0 spiro atoms. The third kappa shape index (κ3) is 4.04. The molecular formula is C17H23N3O4. The van der Waals surface area contributed by atoms with Crippen LogP contribution in [0.3, 0.4) is 0 Å². The minimum absolute atomic E-state index is 0.0242. The number of nitrogens with zero attached hydrogens (tertiary/aromatic N) is 2. The van der Waals surface area contributed by atoms with Crippen molar-refractivity contribution in [1.82, 2.24) is 15.1 Å². The van der Waals surface area contributed by atoms with E-state index < -0.39 is 0 Å². The molecule has 0 radical (unpaired) electrons. The van der Waals surface area contributed by atoms with E-state index in [0.29, 0.717) is 25.4 Å². The molecule has 7 heteroatoms. The first kappa shape index (κ1) is 17.8. The van der Waals surface area contributed by atoms with Crippen molar-refractivity contribution in [3.8, 4) is 5.75 Å². The van der Waals surface area contributed by atoms with Crippen LogP contribution in [0.4, 0.5) is 0 Å². The van der Waals surface area contributed by atoms with E-state index in [1.54, 1.807) is 16.9 Å². The molecule has 1 N–H and O–H groups in total. The second kappa shape index (κ2) is 7.81. The Bertz CT molecular complexity index is 632. The fraction of sp³-hybridized carbons (Fsp3) is 0.471. The van der Waals surface area contributed by atoms with Crippen LogP contribution in [0.25, 0.3) is 0 Å². The molecule has 1 aliphatic heterocycles. The van der Waals surface area contributed by atoms with Crippen molar-refractivity contribution in [1.29, 1.82) is 0 Å². The summed E-state index contributed by atoms with van der Waals surface area (Å²) in [7, 11) is 1.58. The maximum atomic E-state index is 12.5. The molecule has 1 fully saturated rings. The van der Waals surface area contributed by atoms with Crippen molar-refractivity contribution >= 4 is 17.7 Å². The van der Waals surface area contributed by atoms with Crippen molar-refractivity contribution in [2.45, 2.75) is 19.9 Å². The number of methoxy groups -OCH3 is 1. The first-order valence-corrected chi connectivity index (χ1v) is 7.86. The second-order valence-electron chi connectivity index (χ2n) is 5.72. The molecule has 1 saturated heterocycles. The van der Waals surface area contributed by atoms with Crippen LogP contribution in [0.2, 0.25) is 0 Å². The molecule has 1 aromatic carbocycles. The molecular weight excluding hydrogens is 310 g/mol. The summed E-state index contributed by atoms with van der Waals surface area (Å²) in [6.45, 7) is 4.14. The molecule has 1 atom stereocenters. The van der Waals surface area contributed by atoms with Crippen LogP contribution in [0.5, 0.6) is 5.75 Å². The first-order valence-electron chi connectivity index (χ1n) is 7.86. The van der Waals surface area contributed by atoms with E-state index >= 15 is 0 Å². The Labute approximate surface area is 141 Å². The van der Waals surface area contributed by atoms with Gasteiger partial charge >= 0.3 is 0 Å². The number of rotatable bonds is 4. The van der Waals surface area contributed by atoms with Gasteiger partial charge in [-0.1, -0.05) is 18.2 Å². The molecule has 2 rings (SSSR count). The Morgan fingerprint density at radius 3 is 2.54 bits per heavy atom. The molecule has 1 heterocycles. The highest BCUT2D eigenvalue weighted by Crippen LogP contribution is 2.32. The third-order valence-electron chi connectivity index (χ3n) is 4.13. The molecule has 3 amide bonds. The summed E-state index contributed by atoms with van der Waals surface area (Å²) in [6.07, 6.45) is 0. The van der Waals surface area contributed by atoms with Gasteiger partial charge in [0, 0.05) is 39.0 Å². The number of piperazine rings is 1. The van der Waals surface area contributed by atoms with Crippen LogP contribution >= 0.6 is 0 Å². The summed E-state index contributed by atoms with van der Waals surface area (Å²) < 4.78 is 5.41. The van der Waals surface area contributed by atoms with Crippen molar-refractivity contribution in [3.63, 3.8) is 0 Å². The van der Waals surface area contributed by atoms with E-state index in [2.05, 4.69) is 5.32 Å². The van der Waals surface area contributed by atoms with Crippen LogP contribution in [-0.2, 0) is 14.4 Å². The predicted octanol–water partition coefficient (Wildman–Crippen LogP) is 0.563. The lowest BCUT2D eigenvalue weighted by atomic mass is 10.0. The molecule has 1 aliphatic rings. The lowest BCUT2D eigenvalue weighted by molar-refractivity contribution is -0.142. The van der Waals surface area contributed by atoms with E-state index in [1.165, 1.54) is 13.8 Å². The van der Waals surface area contributed by atoms with Crippen molar-refractivity contribution in [2.75, 3.05) is 33.3 Å². The van der Waals surface area contributed by atoms with Crippen molar-refractivity contribution < 1.29 is 19.1 Å². The van der Waals surface area contributed by atoms with Crippen LogP contribution in [0, 0.1) is 0 Å². The van der Waals surface area contributed by atoms with Gasteiger partial charge in [0.05, 0.1) is 19.7 Å². The molecule has 0 aromatic heterocycles. The fourth-order valence-corrected chi connectivity index (χ4v) is 2.88. The van der Waals surface area contributed by atoms with E-state index in [1.807, 2.05) is 24.3 Å². The van der Waals surface area contributed by atoms with Crippen molar-refractivity contribution in [2.24, 2.45) is 0 Å². The quantitative estimate of drug-likeness (QED) is 0.873. The number of hydrogen-bond donors (Lipinski definition) is 1. The number of hydrogen-bond acceptors (Lipinski definition) is 4. The van der Waals surface area contributed by atoms with Gasteiger partial charge < -0.3 is 19.9 Å². The smallest absolute Gasteiger partial charge is 0.242 e. The largest absolute Gasteiger partial charge is 0.496 e. The van der Waals surface area contributed by atoms with Gasteiger partial charge in [0.15, 0.2) is 0 Å². The highest BCUT2D eigenvalue weighted by molar-refractivity contribution is 5.84. The number of para-hydroxylation sites is 1. The number of amides is 3. The van der Waals surface area contributed by atoms with E-state index in [0.717, 1.165) is 5.56 Å². The van der Waals surface area contributed by atoms with Crippen LogP contribution in [0.15, 0.2) is 24.3 Å². The molecule has 24 heavy (non-hydrogen) atoms. The lowest BCUT2D eigenvalue weighted by Crippen LogP contribution is -2.53. The average Bonchev–Trinajstić information content (AvgIpc) is 2.58. The summed E-state index contributed by atoms with van der Waals surface area (Å²) in [5.74, 6) is 0.220. The monoisotopic (exact) mass is 333 g/mol. The number of nitrogens with one attached hydrogen (secondary N) is 1. The van der Waals surface area contributed by atoms with Gasteiger partial charge in [-0.2, -0.15) is 0 Å². The molecule has 1 aromatic rings. The molecule has 1 unspecified atom stereocenters. The fourth-order valence-electron chi connectivity index (χ4n) is 2.88. The molecule has 0 bridgehead atoms. The summed E-state index contributed by atoms with van der Waals surface area (Å²) in [4.78, 5) is 38.8. The minimum Gasteiger partial charge on any atom is -0.496 e. The Kier molecular flexibility index (Phi) is 5.78. The zero-order chi connectivity index (χ0) is 17.7. The average molecular weight is 333 g/mol. The number of ether oxygens (including phenoxy) is 1. The van der Waals surface area contributed by atoms with Gasteiger partial charge in [0.1, 0.15) is 5.75 Å². The molecule has 0 saturated carbocycles. The number of carbonyl (C=O) groups is 3. The van der Waals surface area contributed by atoms with E-state index in [-0.39, 0.29) is 30.3 Å². The van der Waals surface area contributed by atoms with Gasteiger partial charge in [0.2, 0.25) is 17.7 Å². The zero-order valence-corrected chi connectivity index (χ0v) is 14.2. The van der Waals surface area contributed by atoms with Crippen LogP contribution in [-0.4, -0.2) is 60.8 Å². The van der Waals surface area contributed by atoms with E-state index in [9.17, 15) is 14.4 Å². The van der Waals surface area contributed by atoms with E-state index in [4.69, 9.17) is 4.74 Å². The molecule has 7 nitrogen and oxygen atoms in total. The first-order chi connectivity index (χ1) is 11.4. The third-order valence-corrected chi connectivity index (χ3v) is 4.13. The van der Waals surface area contributed by atoms with Gasteiger partial charge in [-0.05, 0) is 6.07 Å². The second-order valence-corrected chi connectivity index (χ2v) is 5.72. The highest BCUT2D eigenvalue weighted by atomic mass is 16.5. The Morgan fingerprint density at radius 1 is 1.21 bits per heavy atom. The normalized spacial score (nSPS) is 17.4. The number of benzene rings is 1.